The molecule has 0 aliphatic rings. The Morgan fingerprint density at radius 2 is 1.55 bits per heavy atom. The standard InChI is InChI=1S/C16H15FN2O/c1-11-3-5-14(6-4-11)16(20)19-18-12(2)13-7-9-15(17)10-8-13/h3-10H,1-2H3,(H,19,20). The number of amides is 1. The highest BCUT2D eigenvalue weighted by Crippen LogP contribution is 2.05. The lowest BCUT2D eigenvalue weighted by atomic mass is 10.1. The number of nitrogens with zero attached hydrogens (tertiary/aromatic N) is 1. The minimum absolute atomic E-state index is 0.272. The summed E-state index contributed by atoms with van der Waals surface area (Å²) in [5, 5.41) is 4.02. The first-order chi connectivity index (χ1) is 9.56. The molecule has 2 aromatic carbocycles. The maximum Gasteiger partial charge on any atom is 0.271 e. The Labute approximate surface area is 117 Å². The normalized spacial score (nSPS) is 11.2. The first kappa shape index (κ1) is 13.9. The summed E-state index contributed by atoms with van der Waals surface area (Å²) in [6.07, 6.45) is 0. The minimum Gasteiger partial charge on any atom is -0.267 e. The molecular weight excluding hydrogens is 255 g/mol. The molecule has 1 N–H and O–H groups in total. The fourth-order valence-electron chi connectivity index (χ4n) is 1.66. The lowest BCUT2D eigenvalue weighted by Gasteiger charge is -2.03. The van der Waals surface area contributed by atoms with Crippen molar-refractivity contribution in [3.63, 3.8) is 0 Å². The SMILES string of the molecule is CC(=NNC(=O)c1ccc(C)cc1)c1ccc(F)cc1. The van der Waals surface area contributed by atoms with Crippen LogP contribution in [0.2, 0.25) is 0 Å². The van der Waals surface area contributed by atoms with Crippen LogP contribution in [-0.2, 0) is 0 Å². The number of hydrazone groups is 1. The van der Waals surface area contributed by atoms with Crippen LogP contribution in [0.3, 0.4) is 0 Å². The van der Waals surface area contributed by atoms with Gasteiger partial charge in [0.2, 0.25) is 0 Å². The smallest absolute Gasteiger partial charge is 0.267 e. The van der Waals surface area contributed by atoms with Gasteiger partial charge in [0, 0.05) is 5.56 Å². The van der Waals surface area contributed by atoms with Crippen molar-refractivity contribution in [1.29, 1.82) is 0 Å². The molecule has 0 aliphatic heterocycles. The third-order valence-corrected chi connectivity index (χ3v) is 2.90. The highest BCUT2D eigenvalue weighted by atomic mass is 19.1. The van der Waals surface area contributed by atoms with Gasteiger partial charge in [0.05, 0.1) is 5.71 Å². The summed E-state index contributed by atoms with van der Waals surface area (Å²) in [4.78, 5) is 11.9. The van der Waals surface area contributed by atoms with Crippen LogP contribution in [0.1, 0.15) is 28.4 Å². The first-order valence-corrected chi connectivity index (χ1v) is 6.23. The van der Waals surface area contributed by atoms with Gasteiger partial charge < -0.3 is 0 Å². The number of hydrogen-bond acceptors (Lipinski definition) is 2. The highest BCUT2D eigenvalue weighted by Gasteiger charge is 2.04. The zero-order valence-corrected chi connectivity index (χ0v) is 11.4. The number of aryl methyl sites for hydroxylation is 1. The molecule has 0 heterocycles. The second-order valence-electron chi connectivity index (χ2n) is 4.51. The zero-order chi connectivity index (χ0) is 14.5. The summed E-state index contributed by atoms with van der Waals surface area (Å²) in [5.74, 6) is -0.572. The van der Waals surface area contributed by atoms with E-state index in [2.05, 4.69) is 10.5 Å². The second kappa shape index (κ2) is 6.10. The molecule has 0 saturated carbocycles. The van der Waals surface area contributed by atoms with E-state index in [0.29, 0.717) is 11.3 Å². The number of nitrogens with one attached hydrogen (secondary N) is 1. The maximum absolute atomic E-state index is 12.8. The maximum atomic E-state index is 12.8. The van der Waals surface area contributed by atoms with Crippen LogP contribution in [0.5, 0.6) is 0 Å². The molecule has 4 heteroatoms. The van der Waals surface area contributed by atoms with Gasteiger partial charge in [-0.25, -0.2) is 9.82 Å². The Morgan fingerprint density at radius 3 is 2.15 bits per heavy atom. The lowest BCUT2D eigenvalue weighted by molar-refractivity contribution is 0.0955. The molecule has 0 aromatic heterocycles. The van der Waals surface area contributed by atoms with Crippen LogP contribution in [0.15, 0.2) is 53.6 Å². The quantitative estimate of drug-likeness (QED) is 0.675. The molecule has 20 heavy (non-hydrogen) atoms. The predicted octanol–water partition coefficient (Wildman–Crippen LogP) is 3.29. The third kappa shape index (κ3) is 3.51. The van der Waals surface area contributed by atoms with Crippen LogP contribution in [-0.4, -0.2) is 11.6 Å². The van der Waals surface area contributed by atoms with Gasteiger partial charge in [0.1, 0.15) is 5.82 Å². The molecule has 2 rings (SSSR count). The number of halogens is 1. The Bertz CT molecular complexity index is 631. The van der Waals surface area contributed by atoms with E-state index in [0.717, 1.165) is 11.1 Å². The van der Waals surface area contributed by atoms with E-state index in [1.54, 1.807) is 31.2 Å². The van der Waals surface area contributed by atoms with E-state index in [1.165, 1.54) is 12.1 Å². The van der Waals surface area contributed by atoms with Crippen LogP contribution in [0.25, 0.3) is 0 Å². The van der Waals surface area contributed by atoms with Gasteiger partial charge in [0.15, 0.2) is 0 Å². The van der Waals surface area contributed by atoms with Crippen LogP contribution in [0, 0.1) is 12.7 Å². The second-order valence-corrected chi connectivity index (χ2v) is 4.51. The molecule has 0 unspecified atom stereocenters. The summed E-state index contributed by atoms with van der Waals surface area (Å²) < 4.78 is 12.8. The molecule has 0 radical (unpaired) electrons. The van der Waals surface area contributed by atoms with Gasteiger partial charge in [-0.1, -0.05) is 29.8 Å². The molecule has 0 aliphatic carbocycles. The van der Waals surface area contributed by atoms with E-state index >= 15 is 0 Å². The summed E-state index contributed by atoms with van der Waals surface area (Å²) in [7, 11) is 0. The number of carbonyl (C=O) groups excluding carboxylic acids is 1. The molecule has 3 nitrogen and oxygen atoms in total. The molecule has 0 saturated heterocycles. The minimum atomic E-state index is -0.301. The lowest BCUT2D eigenvalue weighted by Crippen LogP contribution is -2.19. The molecule has 0 atom stereocenters. The molecule has 1 amide bonds. The van der Waals surface area contributed by atoms with Crippen molar-refractivity contribution in [2.75, 3.05) is 0 Å². The molecule has 0 bridgehead atoms. The molecule has 0 spiro atoms. The van der Waals surface area contributed by atoms with Crippen molar-refractivity contribution in [2.45, 2.75) is 13.8 Å². The fraction of sp³-hybridized carbons (Fsp3) is 0.125. The van der Waals surface area contributed by atoms with E-state index in [4.69, 9.17) is 0 Å². The number of rotatable bonds is 3. The average Bonchev–Trinajstić information content (AvgIpc) is 2.46. The van der Waals surface area contributed by atoms with E-state index in [1.807, 2.05) is 19.1 Å². The van der Waals surface area contributed by atoms with E-state index in [9.17, 15) is 9.18 Å². The van der Waals surface area contributed by atoms with E-state index < -0.39 is 0 Å². The Hall–Kier alpha value is -2.49. The fourth-order valence-corrected chi connectivity index (χ4v) is 1.66. The van der Waals surface area contributed by atoms with E-state index in [-0.39, 0.29) is 11.7 Å². The monoisotopic (exact) mass is 270 g/mol. The average molecular weight is 270 g/mol. The van der Waals surface area contributed by atoms with Gasteiger partial charge in [-0.2, -0.15) is 5.10 Å². The Morgan fingerprint density at radius 1 is 1.00 bits per heavy atom. The third-order valence-electron chi connectivity index (χ3n) is 2.90. The van der Waals surface area contributed by atoms with Crippen molar-refractivity contribution < 1.29 is 9.18 Å². The van der Waals surface area contributed by atoms with Crippen LogP contribution in [0.4, 0.5) is 4.39 Å². The largest absolute Gasteiger partial charge is 0.271 e. The number of benzene rings is 2. The van der Waals surface area contributed by atoms with Gasteiger partial charge in [0.25, 0.3) is 5.91 Å². The Kier molecular flexibility index (Phi) is 4.25. The molecular formula is C16H15FN2O. The molecule has 2 aromatic rings. The molecule has 0 fully saturated rings. The van der Waals surface area contributed by atoms with Crippen LogP contribution < -0.4 is 5.43 Å². The first-order valence-electron chi connectivity index (χ1n) is 6.23. The Balaban J connectivity index is 2.06. The summed E-state index contributed by atoms with van der Waals surface area (Å²) in [6, 6.07) is 13.2. The van der Waals surface area contributed by atoms with Gasteiger partial charge in [-0.05, 0) is 43.7 Å². The van der Waals surface area contributed by atoms with Crippen LogP contribution >= 0.6 is 0 Å². The van der Waals surface area contributed by atoms with Crippen molar-refractivity contribution in [1.82, 2.24) is 5.43 Å². The summed E-state index contributed by atoms with van der Waals surface area (Å²) >= 11 is 0. The van der Waals surface area contributed by atoms with Gasteiger partial charge in [-0.3, -0.25) is 4.79 Å². The zero-order valence-electron chi connectivity index (χ0n) is 11.4. The van der Waals surface area contributed by atoms with Crippen molar-refractivity contribution >= 4 is 11.6 Å². The topological polar surface area (TPSA) is 41.5 Å². The highest BCUT2D eigenvalue weighted by molar-refractivity contribution is 6.00. The van der Waals surface area contributed by atoms with Crippen molar-refractivity contribution in [3.8, 4) is 0 Å². The molecule has 102 valence electrons. The number of hydrogen-bond donors (Lipinski definition) is 1. The van der Waals surface area contributed by atoms with Gasteiger partial charge in [-0.15, -0.1) is 0 Å². The number of carbonyl (C=O) groups is 1. The summed E-state index contributed by atoms with van der Waals surface area (Å²) in [6.45, 7) is 3.71. The summed E-state index contributed by atoms with van der Waals surface area (Å²) in [5.41, 5.74) is 5.50. The van der Waals surface area contributed by atoms with Crippen molar-refractivity contribution in [3.05, 3.63) is 71.0 Å². The van der Waals surface area contributed by atoms with Crippen molar-refractivity contribution in [2.24, 2.45) is 5.10 Å². The predicted molar refractivity (Wildman–Crippen MR) is 77.3 cm³/mol. The van der Waals surface area contributed by atoms with Gasteiger partial charge >= 0.3 is 0 Å².